The van der Waals surface area contributed by atoms with Crippen LogP contribution in [0.2, 0.25) is 0 Å². The van der Waals surface area contributed by atoms with Gasteiger partial charge in [-0.05, 0) is 25.0 Å². The van der Waals surface area contributed by atoms with Crippen LogP contribution in [0.25, 0.3) is 0 Å². The molecular weight excluding hydrogens is 302 g/mol. The molecule has 0 aliphatic carbocycles. The van der Waals surface area contributed by atoms with Crippen LogP contribution in [0.1, 0.15) is 29.4 Å². The maximum absolute atomic E-state index is 12.7. The molecule has 1 saturated heterocycles. The maximum atomic E-state index is 12.7. The van der Waals surface area contributed by atoms with Gasteiger partial charge in [0.05, 0.1) is 0 Å². The minimum absolute atomic E-state index is 0.0956. The number of carbonyl (C=O) groups excluding carboxylic acids is 1. The molecule has 3 rings (SSSR count). The van der Waals surface area contributed by atoms with Gasteiger partial charge in [0.1, 0.15) is 5.69 Å². The van der Waals surface area contributed by atoms with Crippen molar-refractivity contribution in [2.45, 2.75) is 25.9 Å². The molecule has 1 atom stereocenters. The van der Waals surface area contributed by atoms with Crippen LogP contribution < -0.4 is 5.56 Å². The van der Waals surface area contributed by atoms with E-state index in [2.05, 4.69) is 41.1 Å². The number of hydrogen-bond acceptors (Lipinski definition) is 3. The van der Waals surface area contributed by atoms with Gasteiger partial charge in [-0.3, -0.25) is 14.5 Å². The van der Waals surface area contributed by atoms with Crippen molar-refractivity contribution in [1.82, 2.24) is 14.8 Å². The first kappa shape index (κ1) is 16.5. The zero-order valence-corrected chi connectivity index (χ0v) is 13.9. The topological polar surface area (TPSA) is 56.4 Å². The van der Waals surface area contributed by atoms with Crippen LogP contribution in [-0.2, 0) is 6.54 Å². The number of benzene rings is 1. The second-order valence-electron chi connectivity index (χ2n) is 6.33. The number of hydrogen-bond donors (Lipinski definition) is 1. The van der Waals surface area contributed by atoms with Crippen molar-refractivity contribution >= 4 is 5.91 Å². The van der Waals surface area contributed by atoms with E-state index in [1.807, 2.05) is 11.0 Å². The molecule has 1 aliphatic heterocycles. The fraction of sp³-hybridized carbons (Fsp3) is 0.368. The predicted octanol–water partition coefficient (Wildman–Crippen LogP) is 2.11. The van der Waals surface area contributed by atoms with Crippen LogP contribution in [0.4, 0.5) is 0 Å². The van der Waals surface area contributed by atoms with Gasteiger partial charge < -0.3 is 9.88 Å². The molecule has 0 radical (unpaired) electrons. The molecule has 1 N–H and O–H groups in total. The molecule has 24 heavy (non-hydrogen) atoms. The SMILES string of the molecule is CC1CCN(Cc2ccccc2)CCN1C(=O)c1cccc(=O)[nH]1. The number of carbonyl (C=O) groups is 1. The molecule has 5 heteroatoms. The fourth-order valence-corrected chi connectivity index (χ4v) is 3.14. The Balaban J connectivity index is 1.68. The molecule has 1 aliphatic rings. The van der Waals surface area contributed by atoms with E-state index >= 15 is 0 Å². The molecule has 1 aromatic carbocycles. The largest absolute Gasteiger partial charge is 0.333 e. The number of amides is 1. The van der Waals surface area contributed by atoms with Crippen LogP contribution in [0.3, 0.4) is 0 Å². The standard InChI is InChI=1S/C19H23N3O2/c1-15-10-11-21(14-16-6-3-2-4-7-16)12-13-22(15)19(24)17-8-5-9-18(23)20-17/h2-9,15H,10-14H2,1H3,(H,20,23). The van der Waals surface area contributed by atoms with Crippen LogP contribution >= 0.6 is 0 Å². The lowest BCUT2D eigenvalue weighted by molar-refractivity contribution is 0.0694. The third-order valence-corrected chi connectivity index (χ3v) is 4.56. The maximum Gasteiger partial charge on any atom is 0.270 e. The first-order chi connectivity index (χ1) is 11.6. The highest BCUT2D eigenvalue weighted by atomic mass is 16.2. The van der Waals surface area contributed by atoms with E-state index in [0.717, 1.165) is 26.1 Å². The summed E-state index contributed by atoms with van der Waals surface area (Å²) in [6, 6.07) is 15.3. The highest BCUT2D eigenvalue weighted by molar-refractivity contribution is 5.92. The molecule has 126 valence electrons. The van der Waals surface area contributed by atoms with E-state index in [4.69, 9.17) is 0 Å². The molecule has 0 spiro atoms. The summed E-state index contributed by atoms with van der Waals surface area (Å²) in [6.45, 7) is 5.44. The molecule has 1 fully saturated rings. The average Bonchev–Trinajstić information content (AvgIpc) is 2.77. The third kappa shape index (κ3) is 3.92. The summed E-state index contributed by atoms with van der Waals surface area (Å²) in [5, 5.41) is 0. The Morgan fingerprint density at radius 3 is 2.62 bits per heavy atom. The summed E-state index contributed by atoms with van der Waals surface area (Å²) < 4.78 is 0. The number of aromatic amines is 1. The number of nitrogens with zero attached hydrogens (tertiary/aromatic N) is 2. The summed E-state index contributed by atoms with van der Waals surface area (Å²) in [5.74, 6) is -0.0956. The normalized spacial score (nSPS) is 19.0. The molecule has 2 heterocycles. The molecule has 5 nitrogen and oxygen atoms in total. The number of H-pyrrole nitrogens is 1. The first-order valence-corrected chi connectivity index (χ1v) is 8.40. The Kier molecular flexibility index (Phi) is 5.11. The minimum atomic E-state index is -0.242. The molecule has 1 aromatic heterocycles. The molecule has 0 bridgehead atoms. The van der Waals surface area contributed by atoms with Gasteiger partial charge in [0.15, 0.2) is 0 Å². The number of rotatable bonds is 3. The highest BCUT2D eigenvalue weighted by Crippen LogP contribution is 2.15. The van der Waals surface area contributed by atoms with Crippen LogP contribution in [-0.4, -0.2) is 46.4 Å². The summed E-state index contributed by atoms with van der Waals surface area (Å²) in [6.07, 6.45) is 0.926. The second kappa shape index (κ2) is 7.45. The quantitative estimate of drug-likeness (QED) is 0.940. The van der Waals surface area contributed by atoms with Crippen molar-refractivity contribution in [3.63, 3.8) is 0 Å². The van der Waals surface area contributed by atoms with Gasteiger partial charge in [-0.25, -0.2) is 0 Å². The van der Waals surface area contributed by atoms with Crippen LogP contribution in [0.5, 0.6) is 0 Å². The zero-order valence-electron chi connectivity index (χ0n) is 13.9. The third-order valence-electron chi connectivity index (χ3n) is 4.56. The number of aromatic nitrogens is 1. The fourth-order valence-electron chi connectivity index (χ4n) is 3.14. The van der Waals surface area contributed by atoms with Gasteiger partial charge in [0, 0.05) is 38.3 Å². The summed E-state index contributed by atoms with van der Waals surface area (Å²) in [5.41, 5.74) is 1.41. The molecule has 1 unspecified atom stereocenters. The molecule has 2 aromatic rings. The van der Waals surface area contributed by atoms with Gasteiger partial charge in [-0.1, -0.05) is 36.4 Å². The van der Waals surface area contributed by atoms with Crippen LogP contribution in [0, 0.1) is 0 Å². The minimum Gasteiger partial charge on any atom is -0.333 e. The van der Waals surface area contributed by atoms with E-state index in [-0.39, 0.29) is 17.5 Å². The van der Waals surface area contributed by atoms with Gasteiger partial charge >= 0.3 is 0 Å². The zero-order chi connectivity index (χ0) is 16.9. The van der Waals surface area contributed by atoms with Crippen molar-refractivity contribution in [2.75, 3.05) is 19.6 Å². The van der Waals surface area contributed by atoms with Gasteiger partial charge in [-0.2, -0.15) is 0 Å². The van der Waals surface area contributed by atoms with Crippen molar-refractivity contribution in [3.05, 3.63) is 70.1 Å². The van der Waals surface area contributed by atoms with Gasteiger partial charge in [-0.15, -0.1) is 0 Å². The first-order valence-electron chi connectivity index (χ1n) is 8.40. The van der Waals surface area contributed by atoms with Crippen molar-refractivity contribution in [1.29, 1.82) is 0 Å². The molecule has 0 saturated carbocycles. The van der Waals surface area contributed by atoms with E-state index in [0.29, 0.717) is 12.2 Å². The Morgan fingerprint density at radius 2 is 1.88 bits per heavy atom. The summed E-state index contributed by atoms with van der Waals surface area (Å²) >= 11 is 0. The Morgan fingerprint density at radius 1 is 1.08 bits per heavy atom. The Bertz CT molecular complexity index is 742. The molecule has 1 amide bonds. The van der Waals surface area contributed by atoms with Crippen molar-refractivity contribution in [3.8, 4) is 0 Å². The van der Waals surface area contributed by atoms with E-state index in [1.54, 1.807) is 12.1 Å². The smallest absolute Gasteiger partial charge is 0.270 e. The van der Waals surface area contributed by atoms with Gasteiger partial charge in [0.2, 0.25) is 5.56 Å². The van der Waals surface area contributed by atoms with Crippen LogP contribution in [0.15, 0.2) is 53.3 Å². The monoisotopic (exact) mass is 325 g/mol. The lowest BCUT2D eigenvalue weighted by atomic mass is 10.2. The van der Waals surface area contributed by atoms with E-state index in [1.165, 1.54) is 11.6 Å². The van der Waals surface area contributed by atoms with Crippen molar-refractivity contribution < 1.29 is 4.79 Å². The highest BCUT2D eigenvalue weighted by Gasteiger charge is 2.26. The Hall–Kier alpha value is -2.40. The van der Waals surface area contributed by atoms with Crippen molar-refractivity contribution in [2.24, 2.45) is 0 Å². The number of pyridine rings is 1. The average molecular weight is 325 g/mol. The predicted molar refractivity (Wildman–Crippen MR) is 93.9 cm³/mol. The lowest BCUT2D eigenvalue weighted by Crippen LogP contribution is -2.40. The lowest BCUT2D eigenvalue weighted by Gasteiger charge is -2.26. The summed E-state index contributed by atoms with van der Waals surface area (Å²) in [4.78, 5) is 31.1. The van der Waals surface area contributed by atoms with E-state index in [9.17, 15) is 9.59 Å². The molecular formula is C19H23N3O2. The Labute approximate surface area is 141 Å². The second-order valence-corrected chi connectivity index (χ2v) is 6.33. The van der Waals surface area contributed by atoms with Gasteiger partial charge in [0.25, 0.3) is 5.91 Å². The number of nitrogens with one attached hydrogen (secondary N) is 1. The van der Waals surface area contributed by atoms with E-state index < -0.39 is 0 Å². The summed E-state index contributed by atoms with van der Waals surface area (Å²) in [7, 11) is 0.